The normalized spacial score (nSPS) is 19.1. The minimum atomic E-state index is -0.517. The van der Waals surface area contributed by atoms with Crippen LogP contribution in [0.3, 0.4) is 0 Å². The first-order valence-corrected chi connectivity index (χ1v) is 6.11. The number of halogens is 1. The zero-order valence-electron chi connectivity index (χ0n) is 10.7. The van der Waals surface area contributed by atoms with Crippen molar-refractivity contribution in [2.24, 2.45) is 11.8 Å². The summed E-state index contributed by atoms with van der Waals surface area (Å²) in [5.41, 5.74) is 2.28. The molecule has 2 heterocycles. The van der Waals surface area contributed by atoms with Gasteiger partial charge in [0.25, 0.3) is 0 Å². The van der Waals surface area contributed by atoms with Crippen molar-refractivity contribution in [1.82, 2.24) is 15.3 Å². The highest BCUT2D eigenvalue weighted by Crippen LogP contribution is 2.24. The van der Waals surface area contributed by atoms with E-state index < -0.39 is 5.82 Å². The Labute approximate surface area is 110 Å². The predicted molar refractivity (Wildman–Crippen MR) is 68.8 cm³/mol. The fourth-order valence-corrected chi connectivity index (χ4v) is 2.24. The number of carbonyl (C=O) groups is 1. The molecule has 1 saturated heterocycles. The van der Waals surface area contributed by atoms with Crippen molar-refractivity contribution in [2.45, 2.75) is 12.8 Å². The summed E-state index contributed by atoms with van der Waals surface area (Å²) in [5, 5.41) is 2.62. The standard InChI is InChI=1S/C11H17FN6O/c1-14-10(19)7-3-2-4-18(6-7)9-8(12)5-15-11(16-9)17-13/h5,7H,2-4,6,13H2,1H3,(H,14,19)(H,15,16,17). The van der Waals surface area contributed by atoms with E-state index in [1.807, 2.05) is 0 Å². The van der Waals surface area contributed by atoms with Gasteiger partial charge in [0.15, 0.2) is 11.6 Å². The number of hydrazine groups is 1. The lowest BCUT2D eigenvalue weighted by molar-refractivity contribution is -0.124. The van der Waals surface area contributed by atoms with Crippen molar-refractivity contribution in [1.29, 1.82) is 0 Å². The molecule has 4 N–H and O–H groups in total. The minimum Gasteiger partial charge on any atom is -0.359 e. The van der Waals surface area contributed by atoms with Crippen LogP contribution in [-0.2, 0) is 4.79 Å². The number of hydrogen-bond acceptors (Lipinski definition) is 6. The summed E-state index contributed by atoms with van der Waals surface area (Å²) >= 11 is 0. The van der Waals surface area contributed by atoms with Crippen LogP contribution in [0.5, 0.6) is 0 Å². The molecule has 1 aromatic heterocycles. The highest BCUT2D eigenvalue weighted by molar-refractivity contribution is 5.79. The molecule has 1 atom stereocenters. The van der Waals surface area contributed by atoms with Crippen molar-refractivity contribution in [3.63, 3.8) is 0 Å². The summed E-state index contributed by atoms with van der Waals surface area (Å²) in [6, 6.07) is 0. The average Bonchev–Trinajstić information content (AvgIpc) is 2.47. The minimum absolute atomic E-state index is 0.0312. The number of anilines is 2. The summed E-state index contributed by atoms with van der Waals surface area (Å²) in [6.45, 7) is 1.10. The van der Waals surface area contributed by atoms with Gasteiger partial charge in [-0.05, 0) is 12.8 Å². The third-order valence-corrected chi connectivity index (χ3v) is 3.19. The molecular weight excluding hydrogens is 251 g/mol. The highest BCUT2D eigenvalue weighted by atomic mass is 19.1. The fourth-order valence-electron chi connectivity index (χ4n) is 2.24. The van der Waals surface area contributed by atoms with E-state index in [1.54, 1.807) is 11.9 Å². The van der Waals surface area contributed by atoms with E-state index in [9.17, 15) is 9.18 Å². The molecular formula is C11H17FN6O. The molecule has 1 fully saturated rings. The smallest absolute Gasteiger partial charge is 0.239 e. The molecule has 0 radical (unpaired) electrons. The Morgan fingerprint density at radius 3 is 3.11 bits per heavy atom. The fraction of sp³-hybridized carbons (Fsp3) is 0.545. The second-order valence-corrected chi connectivity index (χ2v) is 4.41. The quantitative estimate of drug-likeness (QED) is 0.522. The Morgan fingerprint density at radius 2 is 2.42 bits per heavy atom. The van der Waals surface area contributed by atoms with Crippen molar-refractivity contribution in [3.8, 4) is 0 Å². The number of aromatic nitrogens is 2. The number of nitrogen functional groups attached to an aromatic ring is 1. The molecule has 1 aliphatic heterocycles. The van der Waals surface area contributed by atoms with Crippen LogP contribution in [-0.4, -0.2) is 36.0 Å². The number of rotatable bonds is 3. The van der Waals surface area contributed by atoms with Crippen molar-refractivity contribution < 1.29 is 9.18 Å². The highest BCUT2D eigenvalue weighted by Gasteiger charge is 2.27. The van der Waals surface area contributed by atoms with Crippen molar-refractivity contribution >= 4 is 17.7 Å². The first-order chi connectivity index (χ1) is 9.15. The van der Waals surface area contributed by atoms with Crippen LogP contribution in [0.4, 0.5) is 16.2 Å². The summed E-state index contributed by atoms with van der Waals surface area (Å²) in [7, 11) is 1.60. The second kappa shape index (κ2) is 5.79. The molecule has 19 heavy (non-hydrogen) atoms. The van der Waals surface area contributed by atoms with Crippen LogP contribution in [0.15, 0.2) is 6.20 Å². The number of nitrogens with two attached hydrogens (primary N) is 1. The number of amides is 1. The maximum Gasteiger partial charge on any atom is 0.239 e. The Kier molecular flexibility index (Phi) is 4.10. The Balaban J connectivity index is 2.19. The lowest BCUT2D eigenvalue weighted by Crippen LogP contribution is -2.43. The third-order valence-electron chi connectivity index (χ3n) is 3.19. The molecule has 1 unspecified atom stereocenters. The third kappa shape index (κ3) is 2.90. The molecule has 0 spiro atoms. The lowest BCUT2D eigenvalue weighted by Gasteiger charge is -2.32. The van der Waals surface area contributed by atoms with Crippen LogP contribution in [0.1, 0.15) is 12.8 Å². The molecule has 1 aliphatic rings. The van der Waals surface area contributed by atoms with E-state index in [1.165, 1.54) is 0 Å². The molecule has 8 heteroatoms. The van der Waals surface area contributed by atoms with Crippen molar-refractivity contribution in [2.75, 3.05) is 30.5 Å². The van der Waals surface area contributed by atoms with Gasteiger partial charge in [0.2, 0.25) is 11.9 Å². The summed E-state index contributed by atoms with van der Waals surface area (Å²) in [4.78, 5) is 21.1. The van der Waals surface area contributed by atoms with Crippen LogP contribution in [0, 0.1) is 11.7 Å². The van der Waals surface area contributed by atoms with Crippen LogP contribution in [0.2, 0.25) is 0 Å². The summed E-state index contributed by atoms with van der Waals surface area (Å²) in [5.74, 6) is 4.85. The second-order valence-electron chi connectivity index (χ2n) is 4.41. The molecule has 104 valence electrons. The topological polar surface area (TPSA) is 96.2 Å². The summed E-state index contributed by atoms with van der Waals surface area (Å²) in [6.07, 6.45) is 2.68. The molecule has 7 nitrogen and oxygen atoms in total. The first-order valence-electron chi connectivity index (χ1n) is 6.11. The van der Waals surface area contributed by atoms with E-state index in [2.05, 4.69) is 20.7 Å². The number of piperidine rings is 1. The SMILES string of the molecule is CNC(=O)C1CCCN(c2nc(NN)ncc2F)C1. The van der Waals surface area contributed by atoms with Gasteiger partial charge in [0, 0.05) is 20.1 Å². The molecule has 0 saturated carbocycles. The number of nitrogens with zero attached hydrogens (tertiary/aromatic N) is 3. The van der Waals surface area contributed by atoms with E-state index in [0.717, 1.165) is 19.0 Å². The molecule has 1 amide bonds. The molecule has 0 bridgehead atoms. The van der Waals surface area contributed by atoms with Crippen LogP contribution >= 0.6 is 0 Å². The van der Waals surface area contributed by atoms with E-state index in [4.69, 9.17) is 5.84 Å². The first kappa shape index (κ1) is 13.5. The molecule has 0 aliphatic carbocycles. The zero-order chi connectivity index (χ0) is 13.8. The predicted octanol–water partition coefficient (Wildman–Crippen LogP) is -0.136. The number of hydrogen-bond donors (Lipinski definition) is 3. The largest absolute Gasteiger partial charge is 0.359 e. The van der Waals surface area contributed by atoms with Gasteiger partial charge >= 0.3 is 0 Å². The average molecular weight is 268 g/mol. The van der Waals surface area contributed by atoms with Gasteiger partial charge in [-0.3, -0.25) is 10.2 Å². The summed E-state index contributed by atoms with van der Waals surface area (Å²) < 4.78 is 13.8. The monoisotopic (exact) mass is 268 g/mol. The maximum absolute atomic E-state index is 13.8. The van der Waals surface area contributed by atoms with Gasteiger partial charge < -0.3 is 10.2 Å². The van der Waals surface area contributed by atoms with Crippen molar-refractivity contribution in [3.05, 3.63) is 12.0 Å². The van der Waals surface area contributed by atoms with E-state index in [0.29, 0.717) is 13.1 Å². The maximum atomic E-state index is 13.8. The van der Waals surface area contributed by atoms with E-state index >= 15 is 0 Å². The molecule has 2 rings (SSSR count). The Morgan fingerprint density at radius 1 is 1.63 bits per heavy atom. The van der Waals surface area contributed by atoms with Gasteiger partial charge in [0.05, 0.1) is 12.1 Å². The van der Waals surface area contributed by atoms with Gasteiger partial charge in [-0.25, -0.2) is 15.2 Å². The zero-order valence-corrected chi connectivity index (χ0v) is 10.7. The van der Waals surface area contributed by atoms with Gasteiger partial charge in [-0.2, -0.15) is 4.98 Å². The van der Waals surface area contributed by atoms with Crippen LogP contribution < -0.4 is 21.5 Å². The lowest BCUT2D eigenvalue weighted by atomic mass is 9.97. The molecule has 0 aromatic carbocycles. The Hall–Kier alpha value is -1.96. The van der Waals surface area contributed by atoms with Gasteiger partial charge in [-0.15, -0.1) is 0 Å². The van der Waals surface area contributed by atoms with Crippen LogP contribution in [0.25, 0.3) is 0 Å². The van der Waals surface area contributed by atoms with E-state index in [-0.39, 0.29) is 23.6 Å². The van der Waals surface area contributed by atoms with Gasteiger partial charge in [-0.1, -0.05) is 0 Å². The van der Waals surface area contributed by atoms with Gasteiger partial charge in [0.1, 0.15) is 0 Å². The number of carbonyl (C=O) groups excluding carboxylic acids is 1. The molecule has 1 aromatic rings. The Bertz CT molecular complexity index is 468. The number of nitrogens with one attached hydrogen (secondary N) is 2.